The lowest BCUT2D eigenvalue weighted by Gasteiger charge is -2.37. The molecule has 2 atom stereocenters. The zero-order valence-corrected chi connectivity index (χ0v) is 12.4. The van der Waals surface area contributed by atoms with E-state index in [-0.39, 0.29) is 11.9 Å². The molecule has 116 valence electrons. The first kappa shape index (κ1) is 15.2. The molecule has 1 aliphatic rings. The summed E-state index contributed by atoms with van der Waals surface area (Å²) < 4.78 is 18.5. The van der Waals surface area contributed by atoms with Gasteiger partial charge in [-0.1, -0.05) is 42.5 Å². The third-order valence-corrected chi connectivity index (χ3v) is 4.09. The molecule has 2 aromatic carbocycles. The fourth-order valence-corrected chi connectivity index (χ4v) is 2.94. The third-order valence-electron chi connectivity index (χ3n) is 4.09. The van der Waals surface area contributed by atoms with E-state index in [1.807, 2.05) is 30.3 Å². The number of ether oxygens (including phenoxy) is 1. The lowest BCUT2D eigenvalue weighted by atomic mass is 9.94. The summed E-state index contributed by atoms with van der Waals surface area (Å²) >= 11 is 0. The molecule has 4 heteroatoms. The highest BCUT2D eigenvalue weighted by molar-refractivity contribution is 5.26. The van der Waals surface area contributed by atoms with Crippen molar-refractivity contribution in [1.29, 1.82) is 0 Å². The number of morpholine rings is 1. The maximum atomic E-state index is 13.1. The fraction of sp³-hybridized carbons (Fsp3) is 0.333. The van der Waals surface area contributed by atoms with Crippen LogP contribution in [0.1, 0.15) is 23.3 Å². The van der Waals surface area contributed by atoms with Gasteiger partial charge in [0.05, 0.1) is 25.4 Å². The van der Waals surface area contributed by atoms with Crippen LogP contribution in [0, 0.1) is 5.82 Å². The number of hydrogen-bond acceptors (Lipinski definition) is 3. The second-order valence-electron chi connectivity index (χ2n) is 5.50. The molecule has 0 radical (unpaired) electrons. The van der Waals surface area contributed by atoms with Gasteiger partial charge in [-0.05, 0) is 23.3 Å². The van der Waals surface area contributed by atoms with E-state index in [0.29, 0.717) is 13.2 Å². The van der Waals surface area contributed by atoms with Gasteiger partial charge in [0.1, 0.15) is 5.82 Å². The molecule has 0 unspecified atom stereocenters. The Labute approximate surface area is 130 Å². The van der Waals surface area contributed by atoms with Gasteiger partial charge in [-0.3, -0.25) is 4.90 Å². The van der Waals surface area contributed by atoms with Gasteiger partial charge in [-0.15, -0.1) is 0 Å². The van der Waals surface area contributed by atoms with Crippen molar-refractivity contribution >= 4 is 0 Å². The largest absolute Gasteiger partial charge is 0.386 e. The summed E-state index contributed by atoms with van der Waals surface area (Å²) in [4.78, 5) is 2.23. The lowest BCUT2D eigenvalue weighted by Crippen LogP contribution is -2.41. The number of aliphatic hydroxyl groups excluding tert-OH is 1. The number of aliphatic hydroxyl groups is 1. The molecule has 1 heterocycles. The summed E-state index contributed by atoms with van der Waals surface area (Å²) in [6.07, 6.45) is -0.707. The number of rotatable bonds is 4. The van der Waals surface area contributed by atoms with Crippen molar-refractivity contribution in [3.8, 4) is 0 Å². The molecule has 0 bridgehead atoms. The van der Waals surface area contributed by atoms with Crippen molar-refractivity contribution in [2.45, 2.75) is 12.1 Å². The van der Waals surface area contributed by atoms with Crippen LogP contribution >= 0.6 is 0 Å². The molecule has 0 spiro atoms. The Morgan fingerprint density at radius 3 is 2.18 bits per heavy atom. The van der Waals surface area contributed by atoms with Crippen molar-refractivity contribution in [2.75, 3.05) is 26.3 Å². The molecule has 0 saturated carbocycles. The van der Waals surface area contributed by atoms with Crippen LogP contribution in [0.25, 0.3) is 0 Å². The monoisotopic (exact) mass is 301 g/mol. The summed E-state index contributed by atoms with van der Waals surface area (Å²) in [6, 6.07) is 15.9. The van der Waals surface area contributed by atoms with Crippen LogP contribution in [0.15, 0.2) is 54.6 Å². The number of hydrogen-bond donors (Lipinski definition) is 1. The normalized spacial score (nSPS) is 18.8. The fourth-order valence-electron chi connectivity index (χ4n) is 2.94. The van der Waals surface area contributed by atoms with Gasteiger partial charge < -0.3 is 9.84 Å². The van der Waals surface area contributed by atoms with Gasteiger partial charge in [-0.25, -0.2) is 4.39 Å². The topological polar surface area (TPSA) is 32.7 Å². The molecule has 1 saturated heterocycles. The molecule has 0 aromatic heterocycles. The van der Waals surface area contributed by atoms with Crippen molar-refractivity contribution in [2.24, 2.45) is 0 Å². The summed E-state index contributed by atoms with van der Waals surface area (Å²) in [5, 5.41) is 10.9. The minimum absolute atomic E-state index is 0.157. The molecule has 0 aliphatic carbocycles. The van der Waals surface area contributed by atoms with Crippen LogP contribution in [-0.2, 0) is 4.74 Å². The van der Waals surface area contributed by atoms with E-state index in [0.717, 1.165) is 24.2 Å². The summed E-state index contributed by atoms with van der Waals surface area (Å²) in [6.45, 7) is 2.88. The Morgan fingerprint density at radius 1 is 0.909 bits per heavy atom. The molecule has 3 rings (SSSR count). The quantitative estimate of drug-likeness (QED) is 0.942. The first-order valence-electron chi connectivity index (χ1n) is 7.56. The van der Waals surface area contributed by atoms with Crippen molar-refractivity contribution in [3.05, 3.63) is 71.5 Å². The van der Waals surface area contributed by atoms with Crippen molar-refractivity contribution in [3.63, 3.8) is 0 Å². The van der Waals surface area contributed by atoms with Gasteiger partial charge in [-0.2, -0.15) is 0 Å². The van der Waals surface area contributed by atoms with E-state index >= 15 is 0 Å². The zero-order valence-electron chi connectivity index (χ0n) is 12.4. The number of nitrogens with zero attached hydrogens (tertiary/aromatic N) is 1. The van der Waals surface area contributed by atoms with E-state index in [1.54, 1.807) is 12.1 Å². The molecule has 1 aliphatic heterocycles. The molecule has 22 heavy (non-hydrogen) atoms. The van der Waals surface area contributed by atoms with E-state index in [1.165, 1.54) is 12.1 Å². The standard InChI is InChI=1S/C18H20FNO2/c19-16-8-6-15(7-9-16)18(21)17(14-4-2-1-3-5-14)20-10-12-22-13-11-20/h1-9,17-18,21H,10-13H2/t17-,18-/m1/s1. The van der Waals surface area contributed by atoms with Crippen LogP contribution < -0.4 is 0 Å². The van der Waals surface area contributed by atoms with Crippen LogP contribution in [0.5, 0.6) is 0 Å². The summed E-state index contributed by atoms with van der Waals surface area (Å²) in [5.41, 5.74) is 1.78. The first-order valence-corrected chi connectivity index (χ1v) is 7.56. The molecule has 2 aromatic rings. The lowest BCUT2D eigenvalue weighted by molar-refractivity contribution is -0.0238. The molecule has 3 nitrogen and oxygen atoms in total. The van der Waals surface area contributed by atoms with Gasteiger partial charge in [0.15, 0.2) is 0 Å². The summed E-state index contributed by atoms with van der Waals surface area (Å²) in [7, 11) is 0. The van der Waals surface area contributed by atoms with Crippen LogP contribution in [0.4, 0.5) is 4.39 Å². The van der Waals surface area contributed by atoms with Crippen molar-refractivity contribution in [1.82, 2.24) is 4.90 Å². The molecule has 1 N–H and O–H groups in total. The molecular weight excluding hydrogens is 281 g/mol. The smallest absolute Gasteiger partial charge is 0.123 e. The Bertz CT molecular complexity index is 582. The highest BCUT2D eigenvalue weighted by atomic mass is 19.1. The minimum Gasteiger partial charge on any atom is -0.386 e. The van der Waals surface area contributed by atoms with Gasteiger partial charge in [0.2, 0.25) is 0 Å². The van der Waals surface area contributed by atoms with Crippen LogP contribution in [0.2, 0.25) is 0 Å². The van der Waals surface area contributed by atoms with Gasteiger partial charge >= 0.3 is 0 Å². The highest BCUT2D eigenvalue weighted by Gasteiger charge is 2.29. The van der Waals surface area contributed by atoms with E-state index in [9.17, 15) is 9.50 Å². The number of halogens is 1. The second kappa shape index (κ2) is 7.01. The minimum atomic E-state index is -0.707. The highest BCUT2D eigenvalue weighted by Crippen LogP contribution is 2.34. The van der Waals surface area contributed by atoms with Gasteiger partial charge in [0.25, 0.3) is 0 Å². The molecular formula is C18H20FNO2. The summed E-state index contributed by atoms with van der Waals surface area (Å²) in [5.74, 6) is -0.293. The Morgan fingerprint density at radius 2 is 1.55 bits per heavy atom. The van der Waals surface area contributed by atoms with Gasteiger partial charge in [0, 0.05) is 13.1 Å². The Balaban J connectivity index is 1.91. The third kappa shape index (κ3) is 3.35. The van der Waals surface area contributed by atoms with Crippen LogP contribution in [-0.4, -0.2) is 36.3 Å². The zero-order chi connectivity index (χ0) is 15.4. The maximum absolute atomic E-state index is 13.1. The molecule has 0 amide bonds. The second-order valence-corrected chi connectivity index (χ2v) is 5.50. The van der Waals surface area contributed by atoms with E-state index < -0.39 is 6.10 Å². The predicted octanol–water partition coefficient (Wildman–Crippen LogP) is 2.93. The van der Waals surface area contributed by atoms with E-state index in [4.69, 9.17) is 4.74 Å². The first-order chi connectivity index (χ1) is 10.8. The maximum Gasteiger partial charge on any atom is 0.123 e. The van der Waals surface area contributed by atoms with E-state index in [2.05, 4.69) is 4.90 Å². The Hall–Kier alpha value is -1.75. The number of benzene rings is 2. The van der Waals surface area contributed by atoms with Crippen LogP contribution in [0.3, 0.4) is 0 Å². The molecule has 1 fully saturated rings. The average molecular weight is 301 g/mol. The average Bonchev–Trinajstić information content (AvgIpc) is 2.57. The predicted molar refractivity (Wildman–Crippen MR) is 82.9 cm³/mol. The van der Waals surface area contributed by atoms with Crippen molar-refractivity contribution < 1.29 is 14.2 Å². The SMILES string of the molecule is O[C@H](c1ccc(F)cc1)[C@@H](c1ccccc1)N1CCOCC1. The Kier molecular flexibility index (Phi) is 4.83.